The average Bonchev–Trinajstić information content (AvgIpc) is 2.82. The minimum atomic E-state index is -0.494. The summed E-state index contributed by atoms with van der Waals surface area (Å²) in [6.45, 7) is 4.04. The number of benzene rings is 3. The second-order valence-corrected chi connectivity index (χ2v) is 8.11. The van der Waals surface area contributed by atoms with Crippen molar-refractivity contribution in [3.05, 3.63) is 112 Å². The van der Waals surface area contributed by atoms with Gasteiger partial charge in [-0.05, 0) is 48.0 Å². The number of fused-ring (bicyclic) bond motifs is 1. The van der Waals surface area contributed by atoms with Crippen molar-refractivity contribution in [1.29, 1.82) is 5.26 Å². The summed E-state index contributed by atoms with van der Waals surface area (Å²) in [5.41, 5.74) is 8.39. The Labute approximate surface area is 199 Å². The van der Waals surface area contributed by atoms with Crippen LogP contribution in [0, 0.1) is 11.3 Å². The normalized spacial score (nSPS) is 14.5. The highest BCUT2D eigenvalue weighted by atomic mass is 79.9. The number of halogens is 1. The number of nitrogens with two attached hydrogens (primary N) is 1. The third-order valence-electron chi connectivity index (χ3n) is 5.06. The molecule has 3 aromatic rings. The third kappa shape index (κ3) is 4.76. The number of hydrogen-bond donors (Lipinski definition) is 1. The summed E-state index contributed by atoms with van der Waals surface area (Å²) in [6, 6.07) is 21.5. The number of esters is 1. The molecular formula is C26H19BrN2O4. The molecule has 1 unspecified atom stereocenters. The fourth-order valence-electron chi connectivity index (χ4n) is 3.51. The highest BCUT2D eigenvalue weighted by Crippen LogP contribution is 2.43. The number of ether oxygens (including phenoxy) is 3. The molecule has 0 saturated heterocycles. The Morgan fingerprint density at radius 1 is 1.12 bits per heavy atom. The molecule has 1 aliphatic rings. The van der Waals surface area contributed by atoms with Gasteiger partial charge in [-0.2, -0.15) is 5.26 Å². The molecule has 0 spiro atoms. The molecule has 1 aliphatic heterocycles. The molecule has 1 atom stereocenters. The molecule has 0 saturated carbocycles. The first-order valence-electron chi connectivity index (χ1n) is 10.0. The van der Waals surface area contributed by atoms with Crippen LogP contribution < -0.4 is 19.9 Å². The quantitative estimate of drug-likeness (QED) is 0.273. The van der Waals surface area contributed by atoms with E-state index in [0.717, 1.165) is 15.6 Å². The molecule has 6 nitrogen and oxygen atoms in total. The second-order valence-electron chi connectivity index (χ2n) is 7.19. The molecule has 0 bridgehead atoms. The van der Waals surface area contributed by atoms with Crippen molar-refractivity contribution in [3.8, 4) is 23.3 Å². The van der Waals surface area contributed by atoms with Crippen LogP contribution in [0.2, 0.25) is 0 Å². The Bertz CT molecular complexity index is 1280. The van der Waals surface area contributed by atoms with Crippen molar-refractivity contribution in [2.24, 2.45) is 5.73 Å². The second kappa shape index (κ2) is 9.63. The molecule has 0 radical (unpaired) electrons. The Kier molecular flexibility index (Phi) is 6.48. The number of allylic oxidation sites excluding steroid dienone is 1. The predicted molar refractivity (Wildman–Crippen MR) is 127 cm³/mol. The molecule has 1 heterocycles. The summed E-state index contributed by atoms with van der Waals surface area (Å²) >= 11 is 3.34. The lowest BCUT2D eigenvalue weighted by Crippen LogP contribution is -2.21. The van der Waals surface area contributed by atoms with Crippen molar-refractivity contribution in [3.63, 3.8) is 0 Å². The van der Waals surface area contributed by atoms with Crippen LogP contribution in [-0.2, 0) is 0 Å². The Morgan fingerprint density at radius 3 is 2.48 bits per heavy atom. The van der Waals surface area contributed by atoms with Crippen LogP contribution in [0.4, 0.5) is 0 Å². The minimum Gasteiger partial charge on any atom is -0.490 e. The topological polar surface area (TPSA) is 94.6 Å². The first-order chi connectivity index (χ1) is 16.0. The first kappa shape index (κ1) is 22.2. The zero-order valence-electron chi connectivity index (χ0n) is 17.5. The number of hydrogen-bond acceptors (Lipinski definition) is 6. The smallest absolute Gasteiger partial charge is 0.343 e. The Hall–Kier alpha value is -4.02. The standard InChI is InChI=1S/C26H19BrN2O4/c1-2-13-31-19-9-5-16(6-10-19)24-21-12-11-20(14-23(21)33-25(29)22(24)15-28)32-26(30)17-3-7-18(27)8-4-17/h2-12,14,24H,1,13,29H2. The average molecular weight is 503 g/mol. The van der Waals surface area contributed by atoms with Crippen molar-refractivity contribution in [2.75, 3.05) is 6.61 Å². The predicted octanol–water partition coefficient (Wildman–Crippen LogP) is 5.45. The summed E-state index contributed by atoms with van der Waals surface area (Å²) in [6.07, 6.45) is 1.67. The van der Waals surface area contributed by atoms with Crippen LogP contribution in [0.3, 0.4) is 0 Å². The lowest BCUT2D eigenvalue weighted by Gasteiger charge is -2.26. The van der Waals surface area contributed by atoms with Gasteiger partial charge in [0, 0.05) is 16.1 Å². The fraction of sp³-hybridized carbons (Fsp3) is 0.0769. The zero-order valence-corrected chi connectivity index (χ0v) is 19.0. The van der Waals surface area contributed by atoms with E-state index >= 15 is 0 Å². The lowest BCUT2D eigenvalue weighted by molar-refractivity contribution is 0.0734. The monoisotopic (exact) mass is 502 g/mol. The van der Waals surface area contributed by atoms with Gasteiger partial charge in [-0.15, -0.1) is 0 Å². The molecule has 0 aromatic heterocycles. The van der Waals surface area contributed by atoms with Gasteiger partial charge in [0.15, 0.2) is 0 Å². The van der Waals surface area contributed by atoms with Crippen LogP contribution in [0.25, 0.3) is 0 Å². The highest BCUT2D eigenvalue weighted by molar-refractivity contribution is 9.10. The lowest BCUT2D eigenvalue weighted by atomic mass is 9.83. The molecule has 2 N–H and O–H groups in total. The zero-order chi connectivity index (χ0) is 23.4. The van der Waals surface area contributed by atoms with Crippen LogP contribution >= 0.6 is 15.9 Å². The third-order valence-corrected chi connectivity index (χ3v) is 5.59. The SMILES string of the molecule is C=CCOc1ccc(C2C(C#N)=C(N)Oc3cc(OC(=O)c4ccc(Br)cc4)ccc32)cc1. The molecule has 4 rings (SSSR count). The van der Waals surface area contributed by atoms with Crippen molar-refractivity contribution in [1.82, 2.24) is 0 Å². The van der Waals surface area contributed by atoms with Crippen LogP contribution in [0.15, 0.2) is 95.3 Å². The van der Waals surface area contributed by atoms with E-state index in [9.17, 15) is 10.1 Å². The molecule has 0 fully saturated rings. The van der Waals surface area contributed by atoms with Gasteiger partial charge in [0.25, 0.3) is 0 Å². The summed E-state index contributed by atoms with van der Waals surface area (Å²) in [5.74, 6) is 0.510. The van der Waals surface area contributed by atoms with Gasteiger partial charge in [0.1, 0.15) is 35.5 Å². The van der Waals surface area contributed by atoms with Crippen LogP contribution in [0.5, 0.6) is 17.2 Å². The summed E-state index contributed by atoms with van der Waals surface area (Å²) in [4.78, 5) is 12.5. The van der Waals surface area contributed by atoms with Crippen LogP contribution in [0.1, 0.15) is 27.4 Å². The van der Waals surface area contributed by atoms with Crippen molar-refractivity contribution < 1.29 is 19.0 Å². The number of nitrogens with zero attached hydrogens (tertiary/aromatic N) is 1. The molecule has 0 aliphatic carbocycles. The van der Waals surface area contributed by atoms with E-state index in [0.29, 0.717) is 35.0 Å². The van der Waals surface area contributed by atoms with E-state index in [1.54, 1.807) is 48.5 Å². The molecular weight excluding hydrogens is 484 g/mol. The number of nitriles is 1. The van der Waals surface area contributed by atoms with E-state index in [1.807, 2.05) is 24.3 Å². The molecule has 33 heavy (non-hydrogen) atoms. The first-order valence-corrected chi connectivity index (χ1v) is 10.8. The molecule has 164 valence electrons. The van der Waals surface area contributed by atoms with E-state index in [1.165, 1.54) is 0 Å². The maximum atomic E-state index is 12.5. The van der Waals surface area contributed by atoms with Crippen molar-refractivity contribution in [2.45, 2.75) is 5.92 Å². The van der Waals surface area contributed by atoms with Gasteiger partial charge in [0.05, 0.1) is 11.5 Å². The van der Waals surface area contributed by atoms with E-state index in [4.69, 9.17) is 19.9 Å². The molecule has 3 aromatic carbocycles. The van der Waals surface area contributed by atoms with Crippen molar-refractivity contribution >= 4 is 21.9 Å². The van der Waals surface area contributed by atoms with Gasteiger partial charge in [0.2, 0.25) is 5.88 Å². The fourth-order valence-corrected chi connectivity index (χ4v) is 3.77. The van der Waals surface area contributed by atoms with Gasteiger partial charge in [-0.25, -0.2) is 4.79 Å². The van der Waals surface area contributed by atoms with Gasteiger partial charge in [-0.1, -0.05) is 46.8 Å². The summed E-state index contributed by atoms with van der Waals surface area (Å²) in [7, 11) is 0. The van der Waals surface area contributed by atoms with Gasteiger partial charge < -0.3 is 19.9 Å². The van der Waals surface area contributed by atoms with Gasteiger partial charge in [-0.3, -0.25) is 0 Å². The molecule has 7 heteroatoms. The van der Waals surface area contributed by atoms with E-state index in [-0.39, 0.29) is 5.88 Å². The Morgan fingerprint density at radius 2 is 1.82 bits per heavy atom. The van der Waals surface area contributed by atoms with Crippen LogP contribution in [-0.4, -0.2) is 12.6 Å². The van der Waals surface area contributed by atoms with Gasteiger partial charge >= 0.3 is 5.97 Å². The van der Waals surface area contributed by atoms with E-state index in [2.05, 4.69) is 28.6 Å². The highest BCUT2D eigenvalue weighted by Gasteiger charge is 2.31. The number of carbonyl (C=O) groups excluding carboxylic acids is 1. The summed E-state index contributed by atoms with van der Waals surface area (Å²) < 4.78 is 17.6. The van der Waals surface area contributed by atoms with E-state index < -0.39 is 11.9 Å². The maximum absolute atomic E-state index is 12.5. The Balaban J connectivity index is 1.64. The summed E-state index contributed by atoms with van der Waals surface area (Å²) in [5, 5.41) is 9.73. The number of carbonyl (C=O) groups is 1. The number of rotatable bonds is 6. The molecule has 0 amide bonds. The largest absolute Gasteiger partial charge is 0.490 e. The maximum Gasteiger partial charge on any atom is 0.343 e. The minimum absolute atomic E-state index is 0.0124.